The summed E-state index contributed by atoms with van der Waals surface area (Å²) in [4.78, 5) is 0. The molecule has 0 saturated carbocycles. The highest BCUT2D eigenvalue weighted by Gasteiger charge is 2.43. The molecule has 2 aromatic heterocycles. The van der Waals surface area contributed by atoms with Crippen LogP contribution in [0.2, 0.25) is 0 Å². The number of halogens is 4. The molecule has 1 aliphatic rings. The van der Waals surface area contributed by atoms with Crippen LogP contribution in [-0.2, 0) is 12.6 Å². The molecule has 1 aliphatic heterocycles. The minimum Gasteiger partial charge on any atom is -0.492 e. The maximum Gasteiger partial charge on any atom is 0.422 e. The van der Waals surface area contributed by atoms with Crippen molar-refractivity contribution in [1.82, 2.24) is 10.3 Å². The van der Waals surface area contributed by atoms with Gasteiger partial charge in [0.05, 0.1) is 12.2 Å². The van der Waals surface area contributed by atoms with Crippen LogP contribution in [0.1, 0.15) is 11.1 Å². The van der Waals surface area contributed by atoms with E-state index in [1.165, 1.54) is 12.1 Å². The molecular formula is C21H12BrF3N2O3. The van der Waals surface area contributed by atoms with Gasteiger partial charge >= 0.3 is 6.18 Å². The molecule has 2 aromatic carbocycles. The van der Waals surface area contributed by atoms with E-state index in [2.05, 4.69) is 26.2 Å². The third kappa shape index (κ3) is 3.09. The van der Waals surface area contributed by atoms with Crippen molar-refractivity contribution in [2.75, 3.05) is 6.61 Å². The lowest BCUT2D eigenvalue weighted by molar-refractivity contribution is -0.136. The van der Waals surface area contributed by atoms with E-state index in [1.807, 2.05) is 0 Å². The Morgan fingerprint density at radius 3 is 2.40 bits per heavy atom. The van der Waals surface area contributed by atoms with Crippen LogP contribution in [0.15, 0.2) is 62.0 Å². The second kappa shape index (κ2) is 7.02. The summed E-state index contributed by atoms with van der Waals surface area (Å²) in [6.07, 6.45) is -4.39. The van der Waals surface area contributed by atoms with E-state index in [0.29, 0.717) is 29.1 Å². The van der Waals surface area contributed by atoms with E-state index in [0.717, 1.165) is 4.47 Å². The average molecular weight is 477 g/mol. The summed E-state index contributed by atoms with van der Waals surface area (Å²) in [5.74, 6) is 0.568. The van der Waals surface area contributed by atoms with Crippen LogP contribution < -0.4 is 4.74 Å². The maximum atomic E-state index is 14.0. The summed E-state index contributed by atoms with van der Waals surface area (Å²) in [5.41, 5.74) is 0.0106. The molecule has 0 radical (unpaired) electrons. The molecule has 0 amide bonds. The summed E-state index contributed by atoms with van der Waals surface area (Å²) >= 11 is 3.38. The monoisotopic (exact) mass is 476 g/mol. The fourth-order valence-electron chi connectivity index (χ4n) is 3.51. The molecule has 0 atom stereocenters. The third-order valence-electron chi connectivity index (χ3n) is 4.82. The first-order chi connectivity index (χ1) is 14.4. The van der Waals surface area contributed by atoms with Crippen LogP contribution >= 0.6 is 15.9 Å². The summed E-state index contributed by atoms with van der Waals surface area (Å²) < 4.78 is 59.3. The van der Waals surface area contributed by atoms with Crippen LogP contribution in [0.3, 0.4) is 0 Å². The van der Waals surface area contributed by atoms with E-state index in [4.69, 9.17) is 13.8 Å². The van der Waals surface area contributed by atoms with Crippen molar-refractivity contribution < 1.29 is 27.0 Å². The van der Waals surface area contributed by atoms with Crippen molar-refractivity contribution in [3.63, 3.8) is 0 Å². The van der Waals surface area contributed by atoms with Crippen LogP contribution in [0, 0.1) is 0 Å². The molecule has 0 aliphatic carbocycles. The molecule has 0 saturated heterocycles. The van der Waals surface area contributed by atoms with Gasteiger partial charge in [0, 0.05) is 22.0 Å². The summed E-state index contributed by atoms with van der Waals surface area (Å²) in [7, 11) is 0. The van der Waals surface area contributed by atoms with Crippen molar-refractivity contribution in [3.8, 4) is 39.8 Å². The average Bonchev–Trinajstić information content (AvgIpc) is 3.29. The zero-order chi connectivity index (χ0) is 20.9. The molecular weight excluding hydrogens is 465 g/mol. The minimum absolute atomic E-state index is 0.00243. The molecule has 9 heteroatoms. The summed E-state index contributed by atoms with van der Waals surface area (Å²) in [5, 5.41) is 7.69. The fourth-order valence-corrected chi connectivity index (χ4v) is 3.85. The van der Waals surface area contributed by atoms with Gasteiger partial charge in [0.25, 0.3) is 0 Å². The highest BCUT2D eigenvalue weighted by molar-refractivity contribution is 9.10. The number of ether oxygens (including phenoxy) is 1. The van der Waals surface area contributed by atoms with Gasteiger partial charge < -0.3 is 13.8 Å². The van der Waals surface area contributed by atoms with Crippen molar-refractivity contribution in [2.24, 2.45) is 0 Å². The molecule has 30 heavy (non-hydrogen) atoms. The zero-order valence-corrected chi connectivity index (χ0v) is 16.8. The highest BCUT2D eigenvalue weighted by atomic mass is 79.9. The first-order valence-corrected chi connectivity index (χ1v) is 9.76. The standard InChI is InChI=1S/C21H12BrF3N2O3/c22-12-6-7-13-15(10-12)28-9-8-14-17(26-30-20(13)14)18-16(21(23,24)25)19(29-27-18)11-4-2-1-3-5-11/h1-7,10H,8-9H2. The molecule has 5 nitrogen and oxygen atoms in total. The lowest BCUT2D eigenvalue weighted by Gasteiger charge is -2.08. The molecule has 3 heterocycles. The van der Waals surface area contributed by atoms with Crippen molar-refractivity contribution in [1.29, 1.82) is 0 Å². The molecule has 152 valence electrons. The van der Waals surface area contributed by atoms with Crippen LogP contribution in [0.5, 0.6) is 5.75 Å². The predicted octanol–water partition coefficient (Wildman–Crippen LogP) is 6.38. The van der Waals surface area contributed by atoms with Crippen LogP contribution in [0.25, 0.3) is 34.0 Å². The SMILES string of the molecule is FC(F)(F)c1c(-c2noc3c2CCOc2cc(Br)ccc2-3)noc1-c1ccccc1. The quantitative estimate of drug-likeness (QED) is 0.335. The van der Waals surface area contributed by atoms with Crippen molar-refractivity contribution in [2.45, 2.75) is 12.6 Å². The molecule has 0 spiro atoms. The maximum absolute atomic E-state index is 14.0. The van der Waals surface area contributed by atoms with E-state index in [1.54, 1.807) is 36.4 Å². The van der Waals surface area contributed by atoms with Crippen LogP contribution in [-0.4, -0.2) is 16.9 Å². The Labute approximate surface area is 176 Å². The second-order valence-electron chi connectivity index (χ2n) is 6.68. The number of alkyl halides is 3. The van der Waals surface area contributed by atoms with E-state index in [-0.39, 0.29) is 23.6 Å². The Hall–Kier alpha value is -3.07. The lowest BCUT2D eigenvalue weighted by atomic mass is 9.99. The van der Waals surface area contributed by atoms with Gasteiger partial charge in [-0.05, 0) is 18.2 Å². The molecule has 0 N–H and O–H groups in total. The molecule has 4 aromatic rings. The van der Waals surface area contributed by atoms with Gasteiger partial charge in [-0.25, -0.2) is 0 Å². The van der Waals surface area contributed by atoms with Gasteiger partial charge in [-0.15, -0.1) is 0 Å². The topological polar surface area (TPSA) is 61.3 Å². The second-order valence-corrected chi connectivity index (χ2v) is 7.59. The van der Waals surface area contributed by atoms with Gasteiger partial charge in [-0.2, -0.15) is 13.2 Å². The van der Waals surface area contributed by atoms with Gasteiger partial charge in [-0.1, -0.05) is 56.6 Å². The predicted molar refractivity (Wildman–Crippen MR) is 105 cm³/mol. The number of benzene rings is 2. The molecule has 0 fully saturated rings. The molecule has 0 bridgehead atoms. The fraction of sp³-hybridized carbons (Fsp3) is 0.143. The first-order valence-electron chi connectivity index (χ1n) is 8.97. The number of hydrogen-bond donors (Lipinski definition) is 0. The number of nitrogens with zero attached hydrogens (tertiary/aromatic N) is 2. The first kappa shape index (κ1) is 18.9. The number of fused-ring (bicyclic) bond motifs is 3. The molecule has 0 unspecified atom stereocenters. The van der Waals surface area contributed by atoms with Gasteiger partial charge in [0.2, 0.25) is 0 Å². The number of rotatable bonds is 2. The lowest BCUT2D eigenvalue weighted by Crippen LogP contribution is -2.08. The molecule has 5 rings (SSSR count). The minimum atomic E-state index is -4.70. The Morgan fingerprint density at radius 2 is 1.63 bits per heavy atom. The highest BCUT2D eigenvalue weighted by Crippen LogP contribution is 2.46. The van der Waals surface area contributed by atoms with E-state index >= 15 is 0 Å². The number of hydrogen-bond acceptors (Lipinski definition) is 5. The normalized spacial score (nSPS) is 13.3. The Morgan fingerprint density at radius 1 is 0.900 bits per heavy atom. The number of aromatic nitrogens is 2. The zero-order valence-electron chi connectivity index (χ0n) is 15.2. The van der Waals surface area contributed by atoms with Crippen molar-refractivity contribution >= 4 is 15.9 Å². The Bertz CT molecular complexity index is 1230. The van der Waals surface area contributed by atoms with Gasteiger partial charge in [0.15, 0.2) is 11.5 Å². The third-order valence-corrected chi connectivity index (χ3v) is 5.32. The van der Waals surface area contributed by atoms with Gasteiger partial charge in [0.1, 0.15) is 22.7 Å². The Balaban J connectivity index is 1.70. The van der Waals surface area contributed by atoms with Crippen LogP contribution in [0.4, 0.5) is 13.2 Å². The Kier molecular flexibility index (Phi) is 4.43. The van der Waals surface area contributed by atoms with Crippen molar-refractivity contribution in [3.05, 3.63) is 64.1 Å². The summed E-state index contributed by atoms with van der Waals surface area (Å²) in [6, 6.07) is 13.4. The van der Waals surface area contributed by atoms with E-state index < -0.39 is 17.4 Å². The van der Waals surface area contributed by atoms with E-state index in [9.17, 15) is 13.2 Å². The van der Waals surface area contributed by atoms with Gasteiger partial charge in [-0.3, -0.25) is 0 Å². The summed E-state index contributed by atoms with van der Waals surface area (Å²) in [6.45, 7) is 0.259. The largest absolute Gasteiger partial charge is 0.492 e. The smallest absolute Gasteiger partial charge is 0.422 e.